The molecule has 0 saturated heterocycles. The number of nitro benzene ring substituents is 1. The molecule has 0 spiro atoms. The predicted octanol–water partition coefficient (Wildman–Crippen LogP) is 3.87. The molecule has 0 aromatic heterocycles. The molecular formula is C16H14BrN3O3. The Bertz CT molecular complexity index is 787. The average Bonchev–Trinajstić information content (AvgIpc) is 2.54. The Balaban J connectivity index is 2.38. The Morgan fingerprint density at radius 1 is 1.35 bits per heavy atom. The highest BCUT2D eigenvalue weighted by molar-refractivity contribution is 9.10. The van der Waals surface area contributed by atoms with Gasteiger partial charge in [-0.05, 0) is 30.3 Å². The van der Waals surface area contributed by atoms with E-state index < -0.39 is 4.92 Å². The molecule has 0 atom stereocenters. The minimum atomic E-state index is -0.481. The van der Waals surface area contributed by atoms with E-state index in [2.05, 4.69) is 15.9 Å². The molecule has 0 radical (unpaired) electrons. The van der Waals surface area contributed by atoms with Crippen LogP contribution in [0.3, 0.4) is 0 Å². The molecule has 0 unspecified atom stereocenters. The van der Waals surface area contributed by atoms with Crippen molar-refractivity contribution in [2.75, 3.05) is 19.1 Å². The monoisotopic (exact) mass is 375 g/mol. The topological polar surface area (TPSA) is 79.4 Å². The Morgan fingerprint density at radius 2 is 2.09 bits per heavy atom. The fraction of sp³-hybridized carbons (Fsp3) is 0.188. The number of nitrogens with zero attached hydrogens (tertiary/aromatic N) is 3. The fourth-order valence-corrected chi connectivity index (χ4v) is 2.68. The average molecular weight is 376 g/mol. The van der Waals surface area contributed by atoms with Crippen molar-refractivity contribution in [3.05, 3.63) is 62.1 Å². The second-order valence-corrected chi connectivity index (χ2v) is 5.80. The Hall–Kier alpha value is -2.59. The van der Waals surface area contributed by atoms with Gasteiger partial charge >= 0.3 is 0 Å². The first-order chi connectivity index (χ1) is 11.0. The van der Waals surface area contributed by atoms with E-state index in [1.807, 2.05) is 24.3 Å². The first kappa shape index (κ1) is 16.8. The standard InChI is InChI=1S/C16H14BrN3O3/c1-19(10-12-8-13(17)4-6-16(12)23-2)14-5-3-11(9-18)7-15(14)20(21)22/h3-8H,10H2,1-2H3. The van der Waals surface area contributed by atoms with Gasteiger partial charge in [-0.1, -0.05) is 15.9 Å². The quantitative estimate of drug-likeness (QED) is 0.585. The van der Waals surface area contributed by atoms with Gasteiger partial charge < -0.3 is 9.64 Å². The molecule has 2 aromatic carbocycles. The number of rotatable bonds is 5. The highest BCUT2D eigenvalue weighted by Crippen LogP contribution is 2.31. The zero-order chi connectivity index (χ0) is 17.0. The number of halogens is 1. The Morgan fingerprint density at radius 3 is 2.70 bits per heavy atom. The van der Waals surface area contributed by atoms with Crippen LogP contribution in [-0.4, -0.2) is 19.1 Å². The summed E-state index contributed by atoms with van der Waals surface area (Å²) in [5.74, 6) is 0.705. The van der Waals surface area contributed by atoms with Gasteiger partial charge in [0.2, 0.25) is 0 Å². The van der Waals surface area contributed by atoms with Gasteiger partial charge in [-0.2, -0.15) is 5.26 Å². The Kier molecular flexibility index (Phi) is 5.19. The molecule has 0 aliphatic heterocycles. The molecule has 23 heavy (non-hydrogen) atoms. The zero-order valence-electron chi connectivity index (χ0n) is 12.6. The summed E-state index contributed by atoms with van der Waals surface area (Å²) in [4.78, 5) is 12.5. The summed E-state index contributed by atoms with van der Waals surface area (Å²) >= 11 is 3.41. The first-order valence-electron chi connectivity index (χ1n) is 6.68. The number of ether oxygens (including phenoxy) is 1. The van der Waals surface area contributed by atoms with Gasteiger partial charge in [0.25, 0.3) is 5.69 Å². The van der Waals surface area contributed by atoms with Crippen LogP contribution in [0.1, 0.15) is 11.1 Å². The maximum Gasteiger partial charge on any atom is 0.293 e. The van der Waals surface area contributed by atoms with Crippen molar-refractivity contribution in [3.63, 3.8) is 0 Å². The van der Waals surface area contributed by atoms with Gasteiger partial charge in [-0.3, -0.25) is 10.1 Å². The highest BCUT2D eigenvalue weighted by Gasteiger charge is 2.19. The second-order valence-electron chi connectivity index (χ2n) is 4.88. The van der Waals surface area contributed by atoms with Crippen molar-refractivity contribution >= 4 is 27.3 Å². The van der Waals surface area contributed by atoms with Crippen LogP contribution in [0, 0.1) is 21.4 Å². The van der Waals surface area contributed by atoms with Crippen LogP contribution >= 0.6 is 15.9 Å². The van der Waals surface area contributed by atoms with Crippen LogP contribution in [0.2, 0.25) is 0 Å². The number of hydrogen-bond donors (Lipinski definition) is 0. The molecule has 0 bridgehead atoms. The second kappa shape index (κ2) is 7.11. The van der Waals surface area contributed by atoms with Gasteiger partial charge in [0.1, 0.15) is 11.4 Å². The van der Waals surface area contributed by atoms with Crippen molar-refractivity contribution in [1.82, 2.24) is 0 Å². The number of hydrogen-bond acceptors (Lipinski definition) is 5. The van der Waals surface area contributed by atoms with E-state index in [1.54, 1.807) is 31.2 Å². The number of methoxy groups -OCH3 is 1. The maximum absolute atomic E-state index is 11.3. The van der Waals surface area contributed by atoms with Crippen molar-refractivity contribution in [1.29, 1.82) is 5.26 Å². The van der Waals surface area contributed by atoms with Crippen LogP contribution in [0.25, 0.3) is 0 Å². The molecule has 0 heterocycles. The van der Waals surface area contributed by atoms with E-state index in [1.165, 1.54) is 6.07 Å². The summed E-state index contributed by atoms with van der Waals surface area (Å²) in [6.07, 6.45) is 0. The van der Waals surface area contributed by atoms with E-state index in [0.29, 0.717) is 18.0 Å². The Labute approximate surface area is 142 Å². The third kappa shape index (κ3) is 3.79. The lowest BCUT2D eigenvalue weighted by atomic mass is 10.1. The van der Waals surface area contributed by atoms with Crippen LogP contribution in [0.5, 0.6) is 5.75 Å². The molecule has 2 rings (SSSR count). The highest BCUT2D eigenvalue weighted by atomic mass is 79.9. The molecule has 0 amide bonds. The first-order valence-corrected chi connectivity index (χ1v) is 7.47. The minimum absolute atomic E-state index is 0.0967. The van der Waals surface area contributed by atoms with Crippen LogP contribution < -0.4 is 9.64 Å². The summed E-state index contributed by atoms with van der Waals surface area (Å²) in [7, 11) is 3.34. The lowest BCUT2D eigenvalue weighted by Gasteiger charge is -2.21. The summed E-state index contributed by atoms with van der Waals surface area (Å²) in [5.41, 5.74) is 1.49. The molecule has 6 nitrogen and oxygen atoms in total. The van der Waals surface area contributed by atoms with Gasteiger partial charge in [0, 0.05) is 29.7 Å². The van der Waals surface area contributed by atoms with Gasteiger partial charge in [-0.25, -0.2) is 0 Å². The van der Waals surface area contributed by atoms with E-state index in [-0.39, 0.29) is 11.3 Å². The molecule has 0 N–H and O–H groups in total. The smallest absolute Gasteiger partial charge is 0.293 e. The summed E-state index contributed by atoms with van der Waals surface area (Å²) < 4.78 is 6.23. The van der Waals surface area contributed by atoms with Crippen molar-refractivity contribution < 1.29 is 9.66 Å². The van der Waals surface area contributed by atoms with Gasteiger partial charge in [-0.15, -0.1) is 0 Å². The van der Waals surface area contributed by atoms with Gasteiger partial charge in [0.15, 0.2) is 0 Å². The van der Waals surface area contributed by atoms with Crippen LogP contribution in [0.15, 0.2) is 40.9 Å². The van der Waals surface area contributed by atoms with Crippen LogP contribution in [-0.2, 0) is 6.54 Å². The SMILES string of the molecule is COc1ccc(Br)cc1CN(C)c1ccc(C#N)cc1[N+](=O)[O-]. The van der Waals surface area contributed by atoms with E-state index in [4.69, 9.17) is 10.00 Å². The number of anilines is 1. The fourth-order valence-electron chi connectivity index (χ4n) is 2.27. The van der Waals surface area contributed by atoms with Crippen molar-refractivity contribution in [2.45, 2.75) is 6.54 Å². The van der Waals surface area contributed by atoms with Crippen LogP contribution in [0.4, 0.5) is 11.4 Å². The van der Waals surface area contributed by atoms with E-state index in [9.17, 15) is 10.1 Å². The molecule has 118 valence electrons. The lowest BCUT2D eigenvalue weighted by Crippen LogP contribution is -2.18. The molecule has 0 fully saturated rings. The molecule has 0 saturated carbocycles. The van der Waals surface area contributed by atoms with Crippen molar-refractivity contribution in [2.24, 2.45) is 0 Å². The van der Waals surface area contributed by atoms with Crippen molar-refractivity contribution in [3.8, 4) is 11.8 Å². The number of nitro groups is 1. The molecule has 0 aliphatic carbocycles. The molecule has 0 aliphatic rings. The molecular weight excluding hydrogens is 362 g/mol. The summed E-state index contributed by atoms with van der Waals surface area (Å²) in [6, 6.07) is 12.0. The third-order valence-corrected chi connectivity index (χ3v) is 3.86. The van der Waals surface area contributed by atoms with E-state index in [0.717, 1.165) is 10.0 Å². The number of benzene rings is 2. The summed E-state index contributed by atoms with van der Waals surface area (Å²) in [5, 5.41) is 20.2. The third-order valence-electron chi connectivity index (χ3n) is 3.36. The summed E-state index contributed by atoms with van der Waals surface area (Å²) in [6.45, 7) is 0.426. The molecule has 7 heteroatoms. The molecule has 2 aromatic rings. The number of nitriles is 1. The normalized spacial score (nSPS) is 10.0. The van der Waals surface area contributed by atoms with Gasteiger partial charge in [0.05, 0.1) is 23.7 Å². The van der Waals surface area contributed by atoms with E-state index >= 15 is 0 Å². The minimum Gasteiger partial charge on any atom is -0.496 e. The lowest BCUT2D eigenvalue weighted by molar-refractivity contribution is -0.384. The zero-order valence-corrected chi connectivity index (χ0v) is 14.2. The maximum atomic E-state index is 11.3. The largest absolute Gasteiger partial charge is 0.496 e. The predicted molar refractivity (Wildman–Crippen MR) is 90.6 cm³/mol.